The summed E-state index contributed by atoms with van der Waals surface area (Å²) in [5.74, 6) is -0.341. The molecule has 0 aliphatic carbocycles. The number of benzene rings is 3. The molecule has 20 heteroatoms. The smallest absolute Gasteiger partial charge is 0.246 e. The Morgan fingerprint density at radius 3 is 2.35 bits per heavy atom. The first-order chi connectivity index (χ1) is 32.8. The molecule has 2 aromatic heterocycles. The Morgan fingerprint density at radius 1 is 0.957 bits per heavy atom. The molecule has 0 bridgehead atoms. The average molecular weight is 1000 g/mol. The summed E-state index contributed by atoms with van der Waals surface area (Å²) >= 11 is 8.03. The van der Waals surface area contributed by atoms with E-state index in [4.69, 9.17) is 16.3 Å². The maximum absolute atomic E-state index is 14.1. The molecule has 17 nitrogen and oxygen atoms in total. The van der Waals surface area contributed by atoms with Gasteiger partial charge >= 0.3 is 0 Å². The van der Waals surface area contributed by atoms with Gasteiger partial charge in [-0.3, -0.25) is 19.2 Å². The molecule has 0 saturated carbocycles. The molecule has 2 fully saturated rings. The van der Waals surface area contributed by atoms with Crippen LogP contribution in [0.5, 0.6) is 5.75 Å². The van der Waals surface area contributed by atoms with E-state index in [0.717, 1.165) is 27.4 Å². The number of thiazole rings is 1. The number of aliphatic hydroxyl groups excluding tert-OH is 1. The summed E-state index contributed by atoms with van der Waals surface area (Å²) in [6.45, 7) is 13.0. The minimum Gasteiger partial charge on any atom is -0.494 e. The van der Waals surface area contributed by atoms with Gasteiger partial charge in [-0.15, -0.1) is 11.3 Å². The maximum Gasteiger partial charge on any atom is 0.246 e. The molecule has 366 valence electrons. The molecule has 5 N–H and O–H groups in total. The second-order valence-electron chi connectivity index (χ2n) is 18.7. The quantitative estimate of drug-likeness (QED) is 0.0666. The number of β-amino-alcohol motifs (C(OH)–C–C–N with tert-alkyl or cyclic N) is 1. The Labute approximate surface area is 411 Å². The second kappa shape index (κ2) is 21.7. The summed E-state index contributed by atoms with van der Waals surface area (Å²) < 4.78 is 18.7. The van der Waals surface area contributed by atoms with Crippen molar-refractivity contribution in [3.05, 3.63) is 94.7 Å². The van der Waals surface area contributed by atoms with Crippen molar-refractivity contribution in [2.45, 2.75) is 71.7 Å². The number of aryl methyl sites for hydroxylation is 1. The molecular formula is C49H60ClN10O7PS. The number of piperazine rings is 1. The molecule has 7 rings (SSSR count). The molecule has 0 radical (unpaired) electrons. The van der Waals surface area contributed by atoms with E-state index >= 15 is 0 Å². The summed E-state index contributed by atoms with van der Waals surface area (Å²) in [6.07, 6.45) is 0.483. The van der Waals surface area contributed by atoms with Crippen molar-refractivity contribution in [2.75, 3.05) is 68.7 Å². The van der Waals surface area contributed by atoms with Crippen LogP contribution in [-0.4, -0.2) is 125 Å². The highest BCUT2D eigenvalue weighted by molar-refractivity contribution is 7.70. The number of methoxy groups -OCH3 is 1. The van der Waals surface area contributed by atoms with Gasteiger partial charge in [-0.2, -0.15) is 4.98 Å². The van der Waals surface area contributed by atoms with Crippen LogP contribution in [-0.2, 0) is 30.3 Å². The number of aliphatic hydroxyl groups is 1. The topological polar surface area (TPSA) is 211 Å². The summed E-state index contributed by atoms with van der Waals surface area (Å²) in [6, 6.07) is 18.9. The number of carbonyl (C=O) groups is 4. The lowest BCUT2D eigenvalue weighted by atomic mass is 9.85. The van der Waals surface area contributed by atoms with Gasteiger partial charge < -0.3 is 50.4 Å². The Bertz CT molecular complexity index is 2720. The Morgan fingerprint density at radius 2 is 1.68 bits per heavy atom. The molecule has 3 aromatic carbocycles. The summed E-state index contributed by atoms with van der Waals surface area (Å²) in [5.41, 5.74) is 6.08. The van der Waals surface area contributed by atoms with Crippen molar-refractivity contribution >= 4 is 87.8 Å². The highest BCUT2D eigenvalue weighted by Gasteiger charge is 2.44. The van der Waals surface area contributed by atoms with Crippen LogP contribution in [0.3, 0.4) is 0 Å². The van der Waals surface area contributed by atoms with Crippen LogP contribution in [0.25, 0.3) is 10.4 Å². The standard InChI is InChI=1S/C49H60ClN10O7PS/c1-30-43(69-29-53-30)32-14-12-31(13-15-32)26-51-46(64)38-25-34(61)28-60(38)47(65)44(49(2,3)4)56-41(62)18-19-42(63)59-22-20-58(21-23-59)33-16-17-36(39(24-33)67-5)55-48-52-27-35(50)45(57-48)54-37-10-8-9-11-40(37)68(6,7)66/h8-17,24,27,29,34,38,44,61H,18-23,25-26,28H2,1-7H3,(H,51,64)(H,56,62)(H2,52,54,55,57)/t34-,38+,44?/m1/s1. The molecular weight excluding hydrogens is 939 g/mol. The van der Waals surface area contributed by atoms with Crippen molar-refractivity contribution in [3.8, 4) is 16.2 Å². The van der Waals surface area contributed by atoms with Crippen LogP contribution in [0.15, 0.2) is 78.4 Å². The lowest BCUT2D eigenvalue weighted by molar-refractivity contribution is -0.144. The average Bonchev–Trinajstić information content (AvgIpc) is 3.94. The van der Waals surface area contributed by atoms with Gasteiger partial charge in [0.25, 0.3) is 0 Å². The van der Waals surface area contributed by atoms with E-state index in [9.17, 15) is 28.8 Å². The normalized spacial score (nSPS) is 16.7. The number of amides is 4. The Kier molecular flexibility index (Phi) is 16.0. The number of para-hydroxylation sites is 1. The Balaban J connectivity index is 0.894. The number of halogens is 1. The van der Waals surface area contributed by atoms with Gasteiger partial charge in [0, 0.05) is 75.6 Å². The van der Waals surface area contributed by atoms with E-state index in [2.05, 4.69) is 41.1 Å². The molecule has 1 unspecified atom stereocenters. The molecule has 0 spiro atoms. The number of aromatic nitrogens is 3. The van der Waals surface area contributed by atoms with E-state index in [1.54, 1.807) is 42.2 Å². The maximum atomic E-state index is 14.1. The third-order valence-corrected chi connectivity index (χ3v) is 15.0. The molecule has 4 heterocycles. The number of nitrogens with zero attached hydrogens (tertiary/aromatic N) is 6. The molecule has 69 heavy (non-hydrogen) atoms. The highest BCUT2D eigenvalue weighted by Crippen LogP contribution is 2.39. The first kappa shape index (κ1) is 50.8. The van der Waals surface area contributed by atoms with Crippen LogP contribution in [0.1, 0.15) is 51.3 Å². The molecule has 5 aromatic rings. The van der Waals surface area contributed by atoms with Gasteiger partial charge in [0.2, 0.25) is 29.6 Å². The SMILES string of the molecule is COc1cc(N2CCN(C(=O)CCC(=O)NC(C(=O)N3C[C@H](O)C[C@H]3C(=O)NCc3ccc(-c4scnc4C)cc3)C(C)(C)C)CC2)ccc1Nc1ncc(Cl)c(Nc2ccccc2P(C)(C)=O)n1. The van der Waals surface area contributed by atoms with Crippen molar-refractivity contribution in [1.29, 1.82) is 0 Å². The molecule has 2 aliphatic heterocycles. The van der Waals surface area contributed by atoms with Crippen molar-refractivity contribution in [3.63, 3.8) is 0 Å². The van der Waals surface area contributed by atoms with Gasteiger partial charge in [-0.25, -0.2) is 9.97 Å². The van der Waals surface area contributed by atoms with Crippen molar-refractivity contribution < 1.29 is 33.6 Å². The Hall–Kier alpha value is -6.07. The van der Waals surface area contributed by atoms with Gasteiger partial charge in [0.1, 0.15) is 30.0 Å². The van der Waals surface area contributed by atoms with Crippen molar-refractivity contribution in [2.24, 2.45) is 5.41 Å². The van der Waals surface area contributed by atoms with E-state index in [1.807, 2.05) is 94.4 Å². The molecule has 2 saturated heterocycles. The lowest BCUT2D eigenvalue weighted by Crippen LogP contribution is -2.57. The number of nitrogens with one attached hydrogen (secondary N) is 4. The largest absolute Gasteiger partial charge is 0.494 e. The molecule has 3 atom stereocenters. The number of hydrogen-bond acceptors (Lipinski definition) is 14. The first-order valence-corrected chi connectivity index (χ1v) is 26.6. The predicted octanol–water partition coefficient (Wildman–Crippen LogP) is 6.54. The number of rotatable bonds is 16. The van der Waals surface area contributed by atoms with Gasteiger partial charge in [-0.1, -0.05) is 68.8 Å². The first-order valence-electron chi connectivity index (χ1n) is 22.8. The van der Waals surface area contributed by atoms with E-state index in [-0.39, 0.29) is 49.2 Å². The van der Waals surface area contributed by atoms with E-state index in [0.29, 0.717) is 54.4 Å². The third kappa shape index (κ3) is 12.6. The number of anilines is 5. The summed E-state index contributed by atoms with van der Waals surface area (Å²) in [7, 11) is -1.03. The minimum absolute atomic E-state index is 0.0425. The third-order valence-electron chi connectivity index (χ3n) is 12.2. The zero-order valence-corrected chi connectivity index (χ0v) is 42.4. The zero-order valence-electron chi connectivity index (χ0n) is 39.9. The van der Waals surface area contributed by atoms with E-state index < -0.39 is 48.5 Å². The summed E-state index contributed by atoms with van der Waals surface area (Å²) in [5, 5.41) is 23.8. The number of likely N-dealkylation sites (tertiary alicyclic amines) is 1. The van der Waals surface area contributed by atoms with Crippen molar-refractivity contribution in [1.82, 2.24) is 35.4 Å². The number of carbonyl (C=O) groups excluding carboxylic acids is 4. The van der Waals surface area contributed by atoms with Crippen LogP contribution < -0.4 is 36.2 Å². The van der Waals surface area contributed by atoms with Gasteiger partial charge in [0.15, 0.2) is 5.82 Å². The monoisotopic (exact) mass is 998 g/mol. The van der Waals surface area contributed by atoms with Crippen LogP contribution in [0.4, 0.5) is 28.8 Å². The fourth-order valence-corrected chi connectivity index (χ4v) is 10.5. The lowest BCUT2D eigenvalue weighted by Gasteiger charge is -2.36. The van der Waals surface area contributed by atoms with E-state index in [1.165, 1.54) is 11.1 Å². The molecule has 4 amide bonds. The zero-order chi connectivity index (χ0) is 49.6. The number of hydrogen-bond donors (Lipinski definition) is 5. The fourth-order valence-electron chi connectivity index (χ4n) is 8.40. The predicted molar refractivity (Wildman–Crippen MR) is 272 cm³/mol. The van der Waals surface area contributed by atoms with Gasteiger partial charge in [-0.05, 0) is 61.1 Å². The minimum atomic E-state index is -2.59. The number of ether oxygens (including phenoxy) is 1. The molecule has 2 aliphatic rings. The van der Waals surface area contributed by atoms with Gasteiger partial charge in [0.05, 0.1) is 46.9 Å². The summed E-state index contributed by atoms with van der Waals surface area (Å²) in [4.78, 5) is 74.1. The van der Waals surface area contributed by atoms with Crippen LogP contribution >= 0.6 is 30.1 Å². The second-order valence-corrected chi connectivity index (χ2v) is 23.2. The fraction of sp³-hybridized carbons (Fsp3) is 0.408. The van der Waals surface area contributed by atoms with Crippen LogP contribution in [0.2, 0.25) is 5.02 Å². The van der Waals surface area contributed by atoms with Crippen LogP contribution in [0, 0.1) is 12.3 Å². The highest BCUT2D eigenvalue weighted by atomic mass is 35.5.